The number of para-hydroxylation sites is 1. The number of carbonyl (C=O) groups excluding carboxylic acids is 2. The van der Waals surface area contributed by atoms with Crippen LogP contribution in [0.5, 0.6) is 0 Å². The van der Waals surface area contributed by atoms with E-state index >= 15 is 0 Å². The quantitative estimate of drug-likeness (QED) is 0.551. The SMILES string of the molecule is COC(=O)c1c2ccccc2n2cc(C(=O)N(C)OC)ccc12. The molecule has 0 saturated heterocycles. The maximum Gasteiger partial charge on any atom is 0.340 e. The number of nitrogens with zero attached hydrogens (tertiary/aromatic N) is 2. The molecule has 0 N–H and O–H groups in total. The molecule has 0 aliphatic carbocycles. The predicted octanol–water partition coefficient (Wildman–Crippen LogP) is 2.51. The zero-order chi connectivity index (χ0) is 16.6. The van der Waals surface area contributed by atoms with E-state index in [-0.39, 0.29) is 5.91 Å². The first-order chi connectivity index (χ1) is 11.1. The minimum atomic E-state index is -0.406. The molecule has 23 heavy (non-hydrogen) atoms. The lowest BCUT2D eigenvalue weighted by Gasteiger charge is -2.13. The number of aromatic nitrogens is 1. The molecule has 0 aliphatic heterocycles. The maximum absolute atomic E-state index is 12.2. The van der Waals surface area contributed by atoms with Crippen molar-refractivity contribution in [1.29, 1.82) is 0 Å². The van der Waals surface area contributed by atoms with Crippen LogP contribution in [-0.4, -0.2) is 42.6 Å². The van der Waals surface area contributed by atoms with E-state index in [0.717, 1.165) is 16.0 Å². The molecule has 3 aromatic rings. The van der Waals surface area contributed by atoms with Gasteiger partial charge in [0.15, 0.2) is 0 Å². The Morgan fingerprint density at radius 2 is 1.78 bits per heavy atom. The van der Waals surface area contributed by atoms with Gasteiger partial charge in [0.1, 0.15) is 0 Å². The van der Waals surface area contributed by atoms with Gasteiger partial charge >= 0.3 is 5.97 Å². The van der Waals surface area contributed by atoms with Crippen molar-refractivity contribution in [3.05, 3.63) is 53.7 Å². The highest BCUT2D eigenvalue weighted by Gasteiger charge is 2.20. The summed E-state index contributed by atoms with van der Waals surface area (Å²) in [6.07, 6.45) is 1.70. The number of methoxy groups -OCH3 is 1. The molecule has 0 fully saturated rings. The van der Waals surface area contributed by atoms with Gasteiger partial charge in [-0.3, -0.25) is 9.63 Å². The van der Waals surface area contributed by atoms with E-state index in [1.54, 1.807) is 25.4 Å². The van der Waals surface area contributed by atoms with Crippen LogP contribution in [0.1, 0.15) is 20.7 Å². The minimum absolute atomic E-state index is 0.271. The molecule has 0 bridgehead atoms. The number of benzene rings is 1. The van der Waals surface area contributed by atoms with Crippen molar-refractivity contribution in [1.82, 2.24) is 9.46 Å². The summed E-state index contributed by atoms with van der Waals surface area (Å²) >= 11 is 0. The average molecular weight is 312 g/mol. The summed E-state index contributed by atoms with van der Waals surface area (Å²) in [6, 6.07) is 10.9. The number of pyridine rings is 1. The van der Waals surface area contributed by atoms with Gasteiger partial charge < -0.3 is 9.14 Å². The van der Waals surface area contributed by atoms with Crippen LogP contribution in [0.25, 0.3) is 16.4 Å². The Morgan fingerprint density at radius 3 is 2.48 bits per heavy atom. The third-order valence-electron chi connectivity index (χ3n) is 3.83. The molecular weight excluding hydrogens is 296 g/mol. The summed E-state index contributed by atoms with van der Waals surface area (Å²) in [5.41, 5.74) is 2.47. The fourth-order valence-electron chi connectivity index (χ4n) is 2.64. The monoisotopic (exact) mass is 312 g/mol. The number of hydrogen-bond acceptors (Lipinski definition) is 4. The molecule has 0 atom stereocenters. The van der Waals surface area contributed by atoms with Gasteiger partial charge in [-0.2, -0.15) is 0 Å². The van der Waals surface area contributed by atoms with Crippen molar-refractivity contribution >= 4 is 28.3 Å². The number of esters is 1. The van der Waals surface area contributed by atoms with Crippen LogP contribution in [0, 0.1) is 0 Å². The van der Waals surface area contributed by atoms with E-state index in [4.69, 9.17) is 9.57 Å². The number of ether oxygens (including phenoxy) is 1. The molecule has 6 nitrogen and oxygen atoms in total. The summed E-state index contributed by atoms with van der Waals surface area (Å²) in [4.78, 5) is 29.3. The summed E-state index contributed by atoms with van der Waals surface area (Å²) in [5, 5.41) is 1.93. The summed E-state index contributed by atoms with van der Waals surface area (Å²) in [6.45, 7) is 0. The molecule has 0 saturated carbocycles. The van der Waals surface area contributed by atoms with Crippen LogP contribution in [0.3, 0.4) is 0 Å². The van der Waals surface area contributed by atoms with Crippen LogP contribution in [-0.2, 0) is 9.57 Å². The molecule has 1 aromatic carbocycles. The van der Waals surface area contributed by atoms with Crippen molar-refractivity contribution in [2.75, 3.05) is 21.3 Å². The van der Waals surface area contributed by atoms with Crippen LogP contribution >= 0.6 is 0 Å². The molecule has 3 rings (SSSR count). The zero-order valence-corrected chi connectivity index (χ0v) is 13.1. The van der Waals surface area contributed by atoms with Gasteiger partial charge in [0.25, 0.3) is 5.91 Å². The molecule has 0 aliphatic rings. The Kier molecular flexibility index (Phi) is 3.75. The number of hydroxylamine groups is 2. The zero-order valence-electron chi connectivity index (χ0n) is 13.1. The molecular formula is C17H16N2O4. The lowest BCUT2D eigenvalue weighted by molar-refractivity contribution is -0.0757. The lowest BCUT2D eigenvalue weighted by atomic mass is 10.1. The smallest absolute Gasteiger partial charge is 0.340 e. The van der Waals surface area contributed by atoms with Crippen molar-refractivity contribution in [2.45, 2.75) is 0 Å². The molecule has 0 radical (unpaired) electrons. The van der Waals surface area contributed by atoms with E-state index in [2.05, 4.69) is 0 Å². The molecule has 2 aromatic heterocycles. The molecule has 6 heteroatoms. The molecule has 0 spiro atoms. The Bertz CT molecular complexity index is 913. The number of carbonyl (C=O) groups is 2. The maximum atomic E-state index is 12.2. The molecule has 0 unspecified atom stereocenters. The number of amides is 1. The van der Waals surface area contributed by atoms with Crippen molar-refractivity contribution in [3.63, 3.8) is 0 Å². The van der Waals surface area contributed by atoms with Gasteiger partial charge in [0.2, 0.25) is 0 Å². The Hall–Kier alpha value is -2.86. The molecule has 1 amide bonds. The van der Waals surface area contributed by atoms with Crippen LogP contribution in [0.4, 0.5) is 0 Å². The largest absolute Gasteiger partial charge is 0.465 e. The Labute approximate surface area is 132 Å². The fourth-order valence-corrected chi connectivity index (χ4v) is 2.64. The van der Waals surface area contributed by atoms with E-state index in [0.29, 0.717) is 16.6 Å². The third-order valence-corrected chi connectivity index (χ3v) is 3.83. The second kappa shape index (κ2) is 5.73. The first-order valence-corrected chi connectivity index (χ1v) is 7.01. The van der Waals surface area contributed by atoms with Crippen LogP contribution in [0.2, 0.25) is 0 Å². The second-order valence-electron chi connectivity index (χ2n) is 5.04. The first kappa shape index (κ1) is 15.1. The Balaban J connectivity index is 2.30. The average Bonchev–Trinajstić information content (AvgIpc) is 2.93. The highest BCUT2D eigenvalue weighted by atomic mass is 16.7. The van der Waals surface area contributed by atoms with Crippen molar-refractivity contribution in [3.8, 4) is 0 Å². The van der Waals surface area contributed by atoms with Crippen LogP contribution < -0.4 is 0 Å². The van der Waals surface area contributed by atoms with E-state index in [1.807, 2.05) is 28.7 Å². The number of fused-ring (bicyclic) bond motifs is 3. The lowest BCUT2D eigenvalue weighted by Crippen LogP contribution is -2.25. The van der Waals surface area contributed by atoms with E-state index < -0.39 is 5.97 Å². The van der Waals surface area contributed by atoms with Crippen LogP contribution in [0.15, 0.2) is 42.6 Å². The Morgan fingerprint density at radius 1 is 1.04 bits per heavy atom. The fraction of sp³-hybridized carbons (Fsp3) is 0.176. The van der Waals surface area contributed by atoms with Gasteiger partial charge in [-0.15, -0.1) is 0 Å². The highest BCUT2D eigenvalue weighted by molar-refractivity contribution is 6.12. The number of hydrogen-bond donors (Lipinski definition) is 0. The summed E-state index contributed by atoms with van der Waals surface area (Å²) in [5.74, 6) is -0.677. The first-order valence-electron chi connectivity index (χ1n) is 7.01. The van der Waals surface area contributed by atoms with E-state index in [1.165, 1.54) is 14.2 Å². The molecule has 2 heterocycles. The normalized spacial score (nSPS) is 10.9. The highest BCUT2D eigenvalue weighted by Crippen LogP contribution is 2.28. The van der Waals surface area contributed by atoms with Gasteiger partial charge in [-0.1, -0.05) is 18.2 Å². The minimum Gasteiger partial charge on any atom is -0.465 e. The van der Waals surface area contributed by atoms with Gasteiger partial charge in [-0.25, -0.2) is 9.86 Å². The standard InChI is InChI=1S/C17H16N2O4/c1-18(23-3)16(20)11-8-9-14-15(17(21)22-2)12-6-4-5-7-13(12)19(14)10-11/h4-10H,1-3H3. The summed E-state index contributed by atoms with van der Waals surface area (Å²) < 4.78 is 6.71. The van der Waals surface area contributed by atoms with E-state index in [9.17, 15) is 9.59 Å². The molecule has 118 valence electrons. The van der Waals surface area contributed by atoms with Crippen molar-refractivity contribution in [2.24, 2.45) is 0 Å². The third kappa shape index (κ3) is 2.33. The predicted molar refractivity (Wildman–Crippen MR) is 85.3 cm³/mol. The van der Waals surface area contributed by atoms with Gasteiger partial charge in [-0.05, 0) is 18.2 Å². The number of rotatable bonds is 3. The summed E-state index contributed by atoms with van der Waals surface area (Å²) in [7, 11) is 4.32. The topological polar surface area (TPSA) is 60.2 Å². The van der Waals surface area contributed by atoms with Crippen molar-refractivity contribution < 1.29 is 19.2 Å². The van der Waals surface area contributed by atoms with Gasteiger partial charge in [0, 0.05) is 18.6 Å². The van der Waals surface area contributed by atoms with Gasteiger partial charge in [0.05, 0.1) is 36.4 Å². The second-order valence-corrected chi connectivity index (χ2v) is 5.04.